The van der Waals surface area contributed by atoms with Gasteiger partial charge in [-0.25, -0.2) is 0 Å². The fourth-order valence-corrected chi connectivity index (χ4v) is 9.28. The van der Waals surface area contributed by atoms with E-state index in [2.05, 4.69) is 53.7 Å². The average Bonchev–Trinajstić information content (AvgIpc) is 3.44. The van der Waals surface area contributed by atoms with Crippen LogP contribution in [-0.2, 0) is 38.0 Å². The Labute approximate surface area is 310 Å². The number of hydrogen-bond acceptors (Lipinski definition) is 10. The summed E-state index contributed by atoms with van der Waals surface area (Å²) in [6.45, 7) is 16.7. The monoisotopic (exact) mass is 726 g/mol. The number of carbonyl (C=O) groups is 1. The first-order valence-corrected chi connectivity index (χ1v) is 19.5. The Morgan fingerprint density at radius 3 is 2.50 bits per heavy atom. The number of carbonyl (C=O) groups excluding carboxylic acids is 1. The standard InChI is InChI=1S/C42H62O10/c1-10-23(2)36-29(8)48-35(20-34(36)46-9)50-38-25(4)12-11-13-30-22-47-39-37(43)27(6)18-33(42(30,39)45)40(44)49-32-19-31(15-14-26(38)5)52-41(21-32)17-16-24(3)28(7)51-41/h11-14,16-18,23-25,28-29,31-39,43,45H,10,15,19-22H2,1-9H3/b12-11+,26-14+,30-13+/t23?,24-,25-,28+,29-,31+,32-,33-,34-,35-,36-,37+,38-,39+,41-,42+/m0/s1. The third kappa shape index (κ3) is 7.69. The normalized spacial score (nSPS) is 48.8. The first-order valence-electron chi connectivity index (χ1n) is 19.5. The van der Waals surface area contributed by atoms with Gasteiger partial charge in [0.25, 0.3) is 0 Å². The van der Waals surface area contributed by atoms with Crippen molar-refractivity contribution in [1.82, 2.24) is 0 Å². The fourth-order valence-electron chi connectivity index (χ4n) is 9.28. The number of rotatable bonds is 5. The lowest BCUT2D eigenvalue weighted by Crippen LogP contribution is -2.58. The lowest BCUT2D eigenvalue weighted by molar-refractivity contribution is -0.292. The Hall–Kier alpha value is -2.15. The smallest absolute Gasteiger partial charge is 0.316 e. The minimum Gasteiger partial charge on any atom is -0.462 e. The summed E-state index contributed by atoms with van der Waals surface area (Å²) in [5.41, 5.74) is 0.315. The number of ether oxygens (including phenoxy) is 7. The summed E-state index contributed by atoms with van der Waals surface area (Å²) in [4.78, 5) is 14.1. The highest BCUT2D eigenvalue weighted by molar-refractivity contribution is 5.78. The molecule has 0 amide bonds. The van der Waals surface area contributed by atoms with Crippen LogP contribution in [0.3, 0.4) is 0 Å². The zero-order valence-electron chi connectivity index (χ0n) is 32.5. The van der Waals surface area contributed by atoms with Crippen LogP contribution in [0.25, 0.3) is 0 Å². The lowest BCUT2D eigenvalue weighted by Gasteiger charge is -2.47. The summed E-state index contributed by atoms with van der Waals surface area (Å²) in [5, 5.41) is 23.5. The van der Waals surface area contributed by atoms with E-state index in [4.69, 9.17) is 33.2 Å². The van der Waals surface area contributed by atoms with Crippen molar-refractivity contribution in [2.75, 3.05) is 13.7 Å². The molecule has 0 saturated carbocycles. The number of aliphatic hydroxyl groups is 2. The maximum absolute atomic E-state index is 14.1. The van der Waals surface area contributed by atoms with Gasteiger partial charge in [0.15, 0.2) is 12.1 Å². The molecule has 0 aromatic heterocycles. The molecule has 6 aliphatic rings. The van der Waals surface area contributed by atoms with E-state index in [9.17, 15) is 15.0 Å². The van der Waals surface area contributed by atoms with Crippen molar-refractivity contribution in [3.05, 3.63) is 59.3 Å². The van der Waals surface area contributed by atoms with E-state index in [1.165, 1.54) is 0 Å². The molecule has 5 aliphatic heterocycles. The van der Waals surface area contributed by atoms with Crippen LogP contribution in [0.15, 0.2) is 59.3 Å². The fraction of sp³-hybridized carbons (Fsp3) is 0.738. The molecule has 6 rings (SSSR count). The molecule has 16 atom stereocenters. The molecule has 3 saturated heterocycles. The van der Waals surface area contributed by atoms with Gasteiger partial charge >= 0.3 is 5.97 Å². The number of aliphatic hydroxyl groups excluding tert-OH is 1. The van der Waals surface area contributed by atoms with Gasteiger partial charge in [-0.05, 0) is 62.8 Å². The van der Waals surface area contributed by atoms with E-state index in [1.807, 2.05) is 25.2 Å². The first-order chi connectivity index (χ1) is 24.7. The predicted molar refractivity (Wildman–Crippen MR) is 196 cm³/mol. The number of methoxy groups -OCH3 is 1. The van der Waals surface area contributed by atoms with Crippen molar-refractivity contribution >= 4 is 5.97 Å². The zero-order chi connectivity index (χ0) is 37.5. The largest absolute Gasteiger partial charge is 0.462 e. The molecular formula is C42H62O10. The molecule has 1 unspecified atom stereocenters. The summed E-state index contributed by atoms with van der Waals surface area (Å²) in [6, 6.07) is 0. The Morgan fingerprint density at radius 2 is 1.79 bits per heavy atom. The van der Waals surface area contributed by atoms with Gasteiger partial charge in [-0.15, -0.1) is 0 Å². The highest BCUT2D eigenvalue weighted by Gasteiger charge is 2.60. The highest BCUT2D eigenvalue weighted by atomic mass is 16.7. The molecule has 1 aliphatic carbocycles. The molecule has 1 spiro atoms. The molecule has 5 heterocycles. The first kappa shape index (κ1) is 39.5. The van der Waals surface area contributed by atoms with Crippen molar-refractivity contribution in [1.29, 1.82) is 0 Å². The third-order valence-corrected chi connectivity index (χ3v) is 12.7. The van der Waals surface area contributed by atoms with Gasteiger partial charge in [0, 0.05) is 44.1 Å². The molecule has 0 aromatic rings. The van der Waals surface area contributed by atoms with Crippen LogP contribution < -0.4 is 0 Å². The summed E-state index contributed by atoms with van der Waals surface area (Å²) in [5.74, 6) is -1.84. The van der Waals surface area contributed by atoms with E-state index in [1.54, 1.807) is 26.2 Å². The summed E-state index contributed by atoms with van der Waals surface area (Å²) < 4.78 is 45.0. The van der Waals surface area contributed by atoms with Crippen LogP contribution in [-0.4, -0.2) is 96.4 Å². The average molecular weight is 727 g/mol. The van der Waals surface area contributed by atoms with Crippen LogP contribution in [0.1, 0.15) is 87.5 Å². The molecule has 2 bridgehead atoms. The molecule has 290 valence electrons. The molecule has 10 nitrogen and oxygen atoms in total. The summed E-state index contributed by atoms with van der Waals surface area (Å²) in [6.07, 6.45) is 12.8. The molecule has 0 radical (unpaired) electrons. The second-order valence-electron chi connectivity index (χ2n) is 16.4. The maximum atomic E-state index is 14.1. The number of allylic oxidation sites excluding steroid dienone is 2. The molecular weight excluding hydrogens is 664 g/mol. The minimum absolute atomic E-state index is 0.0161. The number of fused-ring (bicyclic) bond motifs is 2. The Kier molecular flexibility index (Phi) is 12.1. The number of esters is 1. The van der Waals surface area contributed by atoms with E-state index >= 15 is 0 Å². The SMILES string of the molecule is CCC(C)[C@H]1[C@H](C)O[C@@H](O[C@@H]2/C(C)=C/C[C@@H]3C[C@@H](C[C@]4(C=C[C@H](C)[C@@H](C)O4)O3)OC(=O)[C@@H]3C=C(C)[C@@H](O)[C@H]4OC/C(=C\C=C\[C@@H]2C)[C@]43O)C[C@@H]1OC. The van der Waals surface area contributed by atoms with Crippen molar-refractivity contribution in [2.24, 2.45) is 29.6 Å². The Balaban J connectivity index is 1.36. The van der Waals surface area contributed by atoms with Crippen LogP contribution >= 0.6 is 0 Å². The second kappa shape index (κ2) is 15.9. The summed E-state index contributed by atoms with van der Waals surface area (Å²) in [7, 11) is 1.78. The molecule has 2 N–H and O–H groups in total. The molecule has 3 fully saturated rings. The maximum Gasteiger partial charge on any atom is 0.316 e. The van der Waals surface area contributed by atoms with Crippen molar-refractivity contribution in [3.63, 3.8) is 0 Å². The van der Waals surface area contributed by atoms with E-state index in [0.29, 0.717) is 42.7 Å². The van der Waals surface area contributed by atoms with Crippen molar-refractivity contribution in [3.8, 4) is 0 Å². The molecule has 10 heteroatoms. The Morgan fingerprint density at radius 1 is 1.02 bits per heavy atom. The third-order valence-electron chi connectivity index (χ3n) is 12.7. The van der Waals surface area contributed by atoms with Crippen LogP contribution in [0, 0.1) is 29.6 Å². The van der Waals surface area contributed by atoms with Crippen molar-refractivity contribution in [2.45, 2.75) is 154 Å². The minimum atomic E-state index is -1.78. The van der Waals surface area contributed by atoms with Crippen LogP contribution in [0.2, 0.25) is 0 Å². The number of hydrogen-bond donors (Lipinski definition) is 2. The van der Waals surface area contributed by atoms with Gasteiger partial charge in [-0.1, -0.05) is 70.6 Å². The van der Waals surface area contributed by atoms with Gasteiger partial charge in [-0.2, -0.15) is 0 Å². The van der Waals surface area contributed by atoms with E-state index < -0.39 is 47.9 Å². The highest BCUT2D eigenvalue weighted by Crippen LogP contribution is 2.47. The lowest BCUT2D eigenvalue weighted by atomic mass is 9.71. The quantitative estimate of drug-likeness (QED) is 0.253. The molecule has 52 heavy (non-hydrogen) atoms. The van der Waals surface area contributed by atoms with Crippen LogP contribution in [0.5, 0.6) is 0 Å². The topological polar surface area (TPSA) is 122 Å². The summed E-state index contributed by atoms with van der Waals surface area (Å²) >= 11 is 0. The molecule has 0 aromatic carbocycles. The van der Waals surface area contributed by atoms with E-state index in [0.717, 1.165) is 12.0 Å². The van der Waals surface area contributed by atoms with Gasteiger partial charge in [0.05, 0.1) is 37.1 Å². The zero-order valence-corrected chi connectivity index (χ0v) is 32.5. The van der Waals surface area contributed by atoms with E-state index in [-0.39, 0.29) is 54.9 Å². The van der Waals surface area contributed by atoms with Crippen molar-refractivity contribution < 1.29 is 48.2 Å². The second-order valence-corrected chi connectivity index (χ2v) is 16.4. The van der Waals surface area contributed by atoms with Gasteiger partial charge in [-0.3, -0.25) is 4.79 Å². The predicted octanol–water partition coefficient (Wildman–Crippen LogP) is 6.12. The van der Waals surface area contributed by atoms with Gasteiger partial charge < -0.3 is 43.4 Å². The van der Waals surface area contributed by atoms with Gasteiger partial charge in [0.2, 0.25) is 0 Å². The van der Waals surface area contributed by atoms with Gasteiger partial charge in [0.1, 0.15) is 29.8 Å². The van der Waals surface area contributed by atoms with Crippen LogP contribution in [0.4, 0.5) is 0 Å². The Bertz CT molecular complexity index is 1450.